The maximum atomic E-state index is 13.0. The number of nitrogens with two attached hydrogens (primary N) is 1. The van der Waals surface area contributed by atoms with E-state index in [1.165, 1.54) is 4.90 Å². The first-order valence-corrected chi connectivity index (χ1v) is 8.09. The number of guanidine groups is 1. The van der Waals surface area contributed by atoms with E-state index in [1.807, 2.05) is 42.5 Å². The van der Waals surface area contributed by atoms with Crippen molar-refractivity contribution in [3.63, 3.8) is 0 Å². The summed E-state index contributed by atoms with van der Waals surface area (Å²) >= 11 is 3.53. The van der Waals surface area contributed by atoms with Gasteiger partial charge < -0.3 is 10.5 Å². The van der Waals surface area contributed by atoms with Gasteiger partial charge in [-0.3, -0.25) is 9.69 Å². The number of methoxy groups -OCH3 is 1. The van der Waals surface area contributed by atoms with Crippen LogP contribution in [0.2, 0.25) is 0 Å². The van der Waals surface area contributed by atoms with Gasteiger partial charge in [-0.25, -0.2) is 4.99 Å². The monoisotopic (exact) mass is 375 g/mol. The number of likely N-dealkylation sites (N-methyl/N-ethyl adjacent to an activating group) is 1. The zero-order valence-corrected chi connectivity index (χ0v) is 14.6. The number of carbonyl (C=O) groups excluding carboxylic acids is 1. The van der Waals surface area contributed by atoms with E-state index < -0.39 is 5.54 Å². The number of benzene rings is 1. The maximum Gasteiger partial charge on any atom is 0.262 e. The molecule has 0 saturated carbocycles. The number of allylic oxidation sites excluding steroid dienone is 3. The summed E-state index contributed by atoms with van der Waals surface area (Å²) < 4.78 is 6.25. The Kier molecular flexibility index (Phi) is 4.02. The summed E-state index contributed by atoms with van der Waals surface area (Å²) in [4.78, 5) is 19.0. The second kappa shape index (κ2) is 5.85. The molecule has 1 aromatic rings. The molecular weight excluding hydrogens is 358 g/mol. The lowest BCUT2D eigenvalue weighted by Crippen LogP contribution is -2.44. The van der Waals surface area contributed by atoms with Crippen LogP contribution < -0.4 is 10.5 Å². The molecule has 2 N–H and O–H groups in total. The van der Waals surface area contributed by atoms with Crippen molar-refractivity contribution in [2.24, 2.45) is 16.6 Å². The highest BCUT2D eigenvalue weighted by molar-refractivity contribution is 9.11. The first-order chi connectivity index (χ1) is 11.0. The quantitative estimate of drug-likeness (QED) is 0.882. The summed E-state index contributed by atoms with van der Waals surface area (Å²) in [6.07, 6.45) is 6.64. The summed E-state index contributed by atoms with van der Waals surface area (Å²) in [5.41, 5.74) is 5.74. The van der Waals surface area contributed by atoms with Crippen molar-refractivity contribution in [2.75, 3.05) is 14.2 Å². The minimum absolute atomic E-state index is 0.105. The highest BCUT2D eigenvalue weighted by Crippen LogP contribution is 2.45. The van der Waals surface area contributed by atoms with Gasteiger partial charge in [-0.2, -0.15) is 0 Å². The van der Waals surface area contributed by atoms with Crippen molar-refractivity contribution in [3.8, 4) is 5.75 Å². The van der Waals surface area contributed by atoms with Gasteiger partial charge in [0.1, 0.15) is 5.75 Å². The molecule has 2 aliphatic rings. The molecule has 0 saturated heterocycles. The summed E-state index contributed by atoms with van der Waals surface area (Å²) in [7, 11) is 3.27. The molecule has 23 heavy (non-hydrogen) atoms. The molecule has 6 heteroatoms. The summed E-state index contributed by atoms with van der Waals surface area (Å²) in [5.74, 6) is 0.757. The van der Waals surface area contributed by atoms with Gasteiger partial charge in [-0.15, -0.1) is 0 Å². The van der Waals surface area contributed by atoms with Crippen LogP contribution in [0.1, 0.15) is 12.0 Å². The Morgan fingerprint density at radius 2 is 2.09 bits per heavy atom. The second-order valence-electron chi connectivity index (χ2n) is 5.64. The van der Waals surface area contributed by atoms with E-state index in [9.17, 15) is 4.79 Å². The van der Waals surface area contributed by atoms with Crippen molar-refractivity contribution >= 4 is 27.8 Å². The SMILES string of the molecule is COc1ccc(C2(C3C=CC=C(Br)C3)N=C(N)N(C)C2=O)cc1. The zero-order valence-electron chi connectivity index (χ0n) is 13.0. The lowest BCUT2D eigenvalue weighted by Gasteiger charge is -2.33. The van der Waals surface area contributed by atoms with Crippen LogP contribution in [0.3, 0.4) is 0 Å². The summed E-state index contributed by atoms with van der Waals surface area (Å²) in [6.45, 7) is 0. The number of amides is 1. The van der Waals surface area contributed by atoms with Crippen molar-refractivity contribution in [1.29, 1.82) is 0 Å². The van der Waals surface area contributed by atoms with Gasteiger partial charge in [0.05, 0.1) is 7.11 Å². The Bertz CT molecular complexity index is 724. The van der Waals surface area contributed by atoms with Crippen LogP contribution in [0, 0.1) is 5.92 Å². The van der Waals surface area contributed by atoms with Crippen molar-refractivity contribution in [1.82, 2.24) is 4.90 Å². The van der Waals surface area contributed by atoms with Crippen LogP contribution in [-0.4, -0.2) is 30.9 Å². The average Bonchev–Trinajstić information content (AvgIpc) is 2.80. The van der Waals surface area contributed by atoms with Crippen LogP contribution in [0.4, 0.5) is 0 Å². The highest BCUT2D eigenvalue weighted by Gasteiger charge is 2.52. The molecule has 3 rings (SSSR count). The number of carbonyl (C=O) groups is 1. The van der Waals surface area contributed by atoms with E-state index >= 15 is 0 Å². The van der Waals surface area contributed by atoms with E-state index in [1.54, 1.807) is 14.2 Å². The average molecular weight is 376 g/mol. The van der Waals surface area contributed by atoms with Crippen molar-refractivity contribution in [3.05, 3.63) is 52.5 Å². The van der Waals surface area contributed by atoms with Gasteiger partial charge in [0, 0.05) is 13.0 Å². The summed E-state index contributed by atoms with van der Waals surface area (Å²) in [5, 5.41) is 0. The van der Waals surface area contributed by atoms with Crippen LogP contribution in [0.25, 0.3) is 0 Å². The first kappa shape index (κ1) is 15.8. The predicted octanol–water partition coefficient (Wildman–Crippen LogP) is 2.53. The molecule has 0 aromatic heterocycles. The highest BCUT2D eigenvalue weighted by atomic mass is 79.9. The molecule has 0 fully saturated rings. The van der Waals surface area contributed by atoms with E-state index in [-0.39, 0.29) is 17.8 Å². The first-order valence-electron chi connectivity index (χ1n) is 7.30. The number of rotatable bonds is 3. The van der Waals surface area contributed by atoms with Crippen LogP contribution >= 0.6 is 15.9 Å². The van der Waals surface area contributed by atoms with Gasteiger partial charge in [0.15, 0.2) is 11.5 Å². The second-order valence-corrected chi connectivity index (χ2v) is 6.66. The van der Waals surface area contributed by atoms with Gasteiger partial charge in [-0.1, -0.05) is 46.3 Å². The van der Waals surface area contributed by atoms with E-state index in [0.717, 1.165) is 15.8 Å². The Hall–Kier alpha value is -2.08. The Labute approximate surface area is 143 Å². The number of aliphatic imine (C=N–C) groups is 1. The molecule has 0 spiro atoms. The predicted molar refractivity (Wildman–Crippen MR) is 93.3 cm³/mol. The molecule has 120 valence electrons. The largest absolute Gasteiger partial charge is 0.497 e. The van der Waals surface area contributed by atoms with Gasteiger partial charge >= 0.3 is 0 Å². The number of hydrogen-bond acceptors (Lipinski definition) is 4. The molecule has 2 atom stereocenters. The van der Waals surface area contributed by atoms with E-state index in [0.29, 0.717) is 6.42 Å². The molecule has 1 aliphatic carbocycles. The number of hydrogen-bond donors (Lipinski definition) is 1. The smallest absolute Gasteiger partial charge is 0.262 e. The van der Waals surface area contributed by atoms with Crippen molar-refractivity contribution < 1.29 is 9.53 Å². The normalized spacial score (nSPS) is 27.0. The fourth-order valence-corrected chi connectivity index (χ4v) is 3.58. The lowest BCUT2D eigenvalue weighted by atomic mass is 9.75. The molecular formula is C17H18BrN3O2. The number of nitrogens with zero attached hydrogens (tertiary/aromatic N) is 2. The third-order valence-corrected chi connectivity index (χ3v) is 4.96. The van der Waals surface area contributed by atoms with Crippen LogP contribution in [0.15, 0.2) is 52.0 Å². The minimum atomic E-state index is -1.03. The third kappa shape index (κ3) is 2.47. The van der Waals surface area contributed by atoms with E-state index in [2.05, 4.69) is 20.9 Å². The molecule has 2 unspecified atom stereocenters. The number of ether oxygens (including phenoxy) is 1. The Balaban J connectivity index is 2.13. The molecule has 1 aliphatic heterocycles. The molecule has 0 bridgehead atoms. The van der Waals surface area contributed by atoms with Crippen LogP contribution in [-0.2, 0) is 10.3 Å². The van der Waals surface area contributed by atoms with E-state index in [4.69, 9.17) is 10.5 Å². The standard InChI is InChI=1S/C17H18BrN3O2/c1-21-15(22)17(20-16(21)19,12-4-3-5-13(18)10-12)11-6-8-14(23-2)9-7-11/h3-9,12H,10H2,1-2H3,(H2,19,20). The molecule has 0 radical (unpaired) electrons. The number of halogens is 1. The zero-order chi connectivity index (χ0) is 16.6. The maximum absolute atomic E-state index is 13.0. The fraction of sp³-hybridized carbons (Fsp3) is 0.294. The molecule has 1 aromatic carbocycles. The summed E-state index contributed by atoms with van der Waals surface area (Å²) in [6, 6.07) is 7.44. The Morgan fingerprint density at radius 1 is 1.39 bits per heavy atom. The molecule has 1 amide bonds. The van der Waals surface area contributed by atoms with Gasteiger partial charge in [0.25, 0.3) is 5.91 Å². The van der Waals surface area contributed by atoms with Crippen LogP contribution in [0.5, 0.6) is 5.75 Å². The van der Waals surface area contributed by atoms with Gasteiger partial charge in [-0.05, 0) is 28.6 Å². The van der Waals surface area contributed by atoms with Crippen molar-refractivity contribution in [2.45, 2.75) is 12.0 Å². The Morgan fingerprint density at radius 3 is 2.61 bits per heavy atom. The lowest BCUT2D eigenvalue weighted by molar-refractivity contribution is -0.132. The molecule has 1 heterocycles. The third-order valence-electron chi connectivity index (χ3n) is 4.37. The minimum Gasteiger partial charge on any atom is -0.497 e. The fourth-order valence-electron chi connectivity index (χ4n) is 3.08. The molecule has 5 nitrogen and oxygen atoms in total. The topological polar surface area (TPSA) is 67.9 Å². The van der Waals surface area contributed by atoms with Gasteiger partial charge in [0.2, 0.25) is 0 Å².